The summed E-state index contributed by atoms with van der Waals surface area (Å²) in [5, 5.41) is 0. The Bertz CT molecular complexity index is 630. The molecule has 0 aliphatic carbocycles. The van der Waals surface area contributed by atoms with E-state index in [1.165, 1.54) is 17.0 Å². The van der Waals surface area contributed by atoms with Gasteiger partial charge in [0, 0.05) is 11.3 Å². The van der Waals surface area contributed by atoms with Crippen molar-refractivity contribution in [3.05, 3.63) is 59.9 Å². The van der Waals surface area contributed by atoms with Crippen LogP contribution in [0.5, 0.6) is 0 Å². The molecule has 0 saturated carbocycles. The van der Waals surface area contributed by atoms with E-state index in [0.29, 0.717) is 16.9 Å². The molecule has 3 rings (SSSR count). The Morgan fingerprint density at radius 1 is 1.16 bits per heavy atom. The molecule has 0 fully saturated rings. The zero-order valence-corrected chi connectivity index (χ0v) is 10.0. The molecule has 5 heteroatoms. The monoisotopic (exact) mass is 257 g/mol. The summed E-state index contributed by atoms with van der Waals surface area (Å²) in [5.74, 6) is 4.83. The molecule has 1 atom stereocenters. The van der Waals surface area contributed by atoms with Gasteiger partial charge in [0.1, 0.15) is 11.9 Å². The summed E-state index contributed by atoms with van der Waals surface area (Å²) in [5.41, 5.74) is 4.37. The molecule has 0 bridgehead atoms. The highest BCUT2D eigenvalue weighted by Gasteiger charge is 2.37. The number of rotatable bonds is 2. The van der Waals surface area contributed by atoms with Crippen molar-refractivity contribution in [2.75, 3.05) is 4.90 Å². The van der Waals surface area contributed by atoms with Gasteiger partial charge in [0.2, 0.25) is 0 Å². The lowest BCUT2D eigenvalue weighted by atomic mass is 10.1. The van der Waals surface area contributed by atoms with Crippen molar-refractivity contribution >= 4 is 17.3 Å². The fraction of sp³-hybridized carbons (Fsp3) is 0.0714. The molecule has 0 spiro atoms. The molecule has 1 heterocycles. The fourth-order valence-corrected chi connectivity index (χ4v) is 2.34. The maximum absolute atomic E-state index is 13.4. The van der Waals surface area contributed by atoms with Crippen molar-refractivity contribution in [1.29, 1.82) is 0 Å². The van der Waals surface area contributed by atoms with Crippen molar-refractivity contribution in [2.24, 2.45) is 5.84 Å². The maximum atomic E-state index is 13.4. The third kappa shape index (κ3) is 1.80. The van der Waals surface area contributed by atoms with E-state index in [9.17, 15) is 9.18 Å². The molecule has 1 amide bonds. The number of carbonyl (C=O) groups is 1. The van der Waals surface area contributed by atoms with Crippen molar-refractivity contribution in [1.82, 2.24) is 5.43 Å². The SMILES string of the molecule is NNC1C(=O)N(c2ccccc2)c2cc(F)ccc21. The molecule has 0 radical (unpaired) electrons. The van der Waals surface area contributed by atoms with Gasteiger partial charge in [0.05, 0.1) is 5.69 Å². The number of hydrazine groups is 1. The quantitative estimate of drug-likeness (QED) is 0.639. The number of hydrogen-bond acceptors (Lipinski definition) is 3. The summed E-state index contributed by atoms with van der Waals surface area (Å²) in [6.07, 6.45) is 0. The summed E-state index contributed by atoms with van der Waals surface area (Å²) in [4.78, 5) is 13.8. The summed E-state index contributed by atoms with van der Waals surface area (Å²) in [7, 11) is 0. The van der Waals surface area contributed by atoms with Gasteiger partial charge in [-0.15, -0.1) is 0 Å². The second kappa shape index (κ2) is 4.46. The second-order valence-electron chi connectivity index (χ2n) is 4.31. The number of anilines is 2. The van der Waals surface area contributed by atoms with Crippen molar-refractivity contribution in [2.45, 2.75) is 6.04 Å². The van der Waals surface area contributed by atoms with Crippen molar-refractivity contribution in [3.8, 4) is 0 Å². The topological polar surface area (TPSA) is 58.4 Å². The van der Waals surface area contributed by atoms with Gasteiger partial charge in [-0.05, 0) is 24.3 Å². The van der Waals surface area contributed by atoms with Gasteiger partial charge in [-0.1, -0.05) is 24.3 Å². The summed E-state index contributed by atoms with van der Waals surface area (Å²) in [6, 6.07) is 12.7. The van der Waals surface area contributed by atoms with Gasteiger partial charge >= 0.3 is 0 Å². The van der Waals surface area contributed by atoms with Crippen molar-refractivity contribution < 1.29 is 9.18 Å². The third-order valence-corrected chi connectivity index (χ3v) is 3.19. The average molecular weight is 257 g/mol. The van der Waals surface area contributed by atoms with E-state index in [-0.39, 0.29) is 11.7 Å². The number of amides is 1. The van der Waals surface area contributed by atoms with Crippen LogP contribution in [0.15, 0.2) is 48.5 Å². The molecule has 0 aromatic heterocycles. The van der Waals surface area contributed by atoms with E-state index in [1.54, 1.807) is 18.2 Å². The largest absolute Gasteiger partial charge is 0.279 e. The number of nitrogens with zero attached hydrogens (tertiary/aromatic N) is 1. The predicted molar refractivity (Wildman–Crippen MR) is 70.1 cm³/mol. The average Bonchev–Trinajstić information content (AvgIpc) is 2.70. The molecule has 1 aliphatic rings. The third-order valence-electron chi connectivity index (χ3n) is 3.19. The number of nitrogens with two attached hydrogens (primary N) is 1. The number of halogens is 1. The van der Waals surface area contributed by atoms with E-state index in [0.717, 1.165) is 0 Å². The lowest BCUT2D eigenvalue weighted by molar-refractivity contribution is -0.119. The van der Waals surface area contributed by atoms with Crippen LogP contribution in [-0.4, -0.2) is 5.91 Å². The number of carbonyl (C=O) groups excluding carboxylic acids is 1. The van der Waals surface area contributed by atoms with Crippen LogP contribution >= 0.6 is 0 Å². The Labute approximate surface area is 109 Å². The van der Waals surface area contributed by atoms with E-state index in [1.807, 2.05) is 18.2 Å². The summed E-state index contributed by atoms with van der Waals surface area (Å²) in [6.45, 7) is 0. The van der Waals surface area contributed by atoms with Crippen LogP contribution in [0.3, 0.4) is 0 Å². The molecule has 4 nitrogen and oxygen atoms in total. The lowest BCUT2D eigenvalue weighted by Gasteiger charge is -2.17. The Balaban J connectivity index is 2.17. The Morgan fingerprint density at radius 2 is 1.89 bits per heavy atom. The van der Waals surface area contributed by atoms with Crippen LogP contribution < -0.4 is 16.2 Å². The van der Waals surface area contributed by atoms with Crippen LogP contribution in [0.1, 0.15) is 11.6 Å². The first-order valence-corrected chi connectivity index (χ1v) is 5.87. The first-order valence-electron chi connectivity index (χ1n) is 5.87. The van der Waals surface area contributed by atoms with Gasteiger partial charge in [-0.25, -0.2) is 9.82 Å². The van der Waals surface area contributed by atoms with Crippen LogP contribution in [-0.2, 0) is 4.79 Å². The molecule has 2 aromatic carbocycles. The summed E-state index contributed by atoms with van der Waals surface area (Å²) < 4.78 is 13.4. The van der Waals surface area contributed by atoms with E-state index >= 15 is 0 Å². The molecule has 0 saturated heterocycles. The Hall–Kier alpha value is -2.24. The molecule has 19 heavy (non-hydrogen) atoms. The zero-order valence-electron chi connectivity index (χ0n) is 10.0. The second-order valence-corrected chi connectivity index (χ2v) is 4.31. The van der Waals surface area contributed by atoms with Gasteiger partial charge in [-0.3, -0.25) is 15.5 Å². The molecular formula is C14H12FN3O. The van der Waals surface area contributed by atoms with Crippen molar-refractivity contribution in [3.63, 3.8) is 0 Å². The number of benzene rings is 2. The zero-order chi connectivity index (χ0) is 13.4. The molecule has 2 aromatic rings. The lowest BCUT2D eigenvalue weighted by Crippen LogP contribution is -2.35. The van der Waals surface area contributed by atoms with Gasteiger partial charge in [0.25, 0.3) is 5.91 Å². The fourth-order valence-electron chi connectivity index (χ4n) is 2.34. The van der Waals surface area contributed by atoms with Gasteiger partial charge in [-0.2, -0.15) is 0 Å². The van der Waals surface area contributed by atoms with Crippen LogP contribution in [0.2, 0.25) is 0 Å². The first-order chi connectivity index (χ1) is 9.22. The molecule has 1 aliphatic heterocycles. The minimum absolute atomic E-state index is 0.214. The minimum atomic E-state index is -0.643. The van der Waals surface area contributed by atoms with E-state index in [4.69, 9.17) is 5.84 Å². The first kappa shape index (κ1) is 11.8. The Morgan fingerprint density at radius 3 is 2.58 bits per heavy atom. The van der Waals surface area contributed by atoms with E-state index in [2.05, 4.69) is 5.43 Å². The number of fused-ring (bicyclic) bond motifs is 1. The number of para-hydroxylation sites is 1. The Kier molecular flexibility index (Phi) is 2.77. The molecule has 96 valence electrons. The highest BCUT2D eigenvalue weighted by atomic mass is 19.1. The van der Waals surface area contributed by atoms with Crippen LogP contribution in [0.4, 0.5) is 15.8 Å². The number of nitrogens with one attached hydrogen (secondary N) is 1. The highest BCUT2D eigenvalue weighted by molar-refractivity contribution is 6.09. The number of hydrogen-bond donors (Lipinski definition) is 2. The smallest absolute Gasteiger partial charge is 0.254 e. The highest BCUT2D eigenvalue weighted by Crippen LogP contribution is 2.40. The van der Waals surface area contributed by atoms with E-state index < -0.39 is 6.04 Å². The molecular weight excluding hydrogens is 245 g/mol. The minimum Gasteiger partial charge on any atom is -0.279 e. The standard InChI is InChI=1S/C14H12FN3O/c15-9-6-7-11-12(8-9)18(14(19)13(11)17-16)10-4-2-1-3-5-10/h1-8,13,17H,16H2. The van der Waals surface area contributed by atoms with Gasteiger partial charge < -0.3 is 0 Å². The predicted octanol–water partition coefficient (Wildman–Crippen LogP) is 2.01. The summed E-state index contributed by atoms with van der Waals surface area (Å²) >= 11 is 0. The maximum Gasteiger partial charge on any atom is 0.254 e. The normalized spacial score (nSPS) is 17.7. The van der Waals surface area contributed by atoms with Gasteiger partial charge in [0.15, 0.2) is 0 Å². The molecule has 3 N–H and O–H groups in total. The van der Waals surface area contributed by atoms with Crippen LogP contribution in [0.25, 0.3) is 0 Å². The van der Waals surface area contributed by atoms with Crippen LogP contribution in [0, 0.1) is 5.82 Å². The molecule has 1 unspecified atom stereocenters.